The molecule has 0 aliphatic carbocycles. The summed E-state index contributed by atoms with van der Waals surface area (Å²) < 4.78 is 21.4. The molecular weight excluding hydrogens is 515 g/mol. The summed E-state index contributed by atoms with van der Waals surface area (Å²) in [5.74, 6) is -0.865. The molecule has 0 radical (unpaired) electrons. The van der Waals surface area contributed by atoms with Gasteiger partial charge in [0.1, 0.15) is 11.6 Å². The minimum absolute atomic E-state index is 0.314. The molecule has 39 heavy (non-hydrogen) atoms. The van der Waals surface area contributed by atoms with Gasteiger partial charge in [0.05, 0.1) is 17.1 Å². The molecule has 1 aromatic heterocycles. The summed E-state index contributed by atoms with van der Waals surface area (Å²) in [4.78, 5) is 11.8. The van der Waals surface area contributed by atoms with Gasteiger partial charge >= 0.3 is 5.97 Å². The first kappa shape index (κ1) is 26.2. The number of carboxylic acids is 1. The molecule has 0 spiro atoms. The van der Waals surface area contributed by atoms with Crippen molar-refractivity contribution in [3.63, 3.8) is 0 Å². The first-order valence-corrected chi connectivity index (χ1v) is 12.9. The molecular formula is C32H26ClFN2O3. The van der Waals surface area contributed by atoms with Crippen molar-refractivity contribution in [1.82, 2.24) is 9.78 Å². The number of carbonyl (C=O) groups is 1. The number of aromatic nitrogens is 2. The van der Waals surface area contributed by atoms with E-state index in [9.17, 15) is 14.3 Å². The van der Waals surface area contributed by atoms with Gasteiger partial charge in [-0.25, -0.2) is 13.9 Å². The second-order valence-electron chi connectivity index (χ2n) is 9.37. The zero-order valence-electron chi connectivity index (χ0n) is 21.4. The normalized spacial score (nSPS) is 12.6. The van der Waals surface area contributed by atoms with Gasteiger partial charge in [-0.05, 0) is 91.2 Å². The Labute approximate surface area is 231 Å². The Hall–Kier alpha value is -4.42. The highest BCUT2D eigenvalue weighted by Gasteiger charge is 2.33. The monoisotopic (exact) mass is 540 g/mol. The molecule has 0 amide bonds. The molecule has 0 saturated carbocycles. The fourth-order valence-electron chi connectivity index (χ4n) is 4.33. The van der Waals surface area contributed by atoms with Crippen molar-refractivity contribution < 1.29 is 19.0 Å². The van der Waals surface area contributed by atoms with E-state index in [0.29, 0.717) is 17.2 Å². The smallest absolute Gasteiger partial charge is 0.347 e. The Morgan fingerprint density at radius 1 is 0.923 bits per heavy atom. The van der Waals surface area contributed by atoms with E-state index in [1.807, 2.05) is 65.3 Å². The van der Waals surface area contributed by atoms with Crippen LogP contribution in [0.5, 0.6) is 5.75 Å². The van der Waals surface area contributed by atoms with Gasteiger partial charge in [-0.1, -0.05) is 54.9 Å². The molecule has 7 heteroatoms. The number of nitrogens with zero attached hydrogens (tertiary/aromatic N) is 2. The lowest BCUT2D eigenvalue weighted by Crippen LogP contribution is -2.40. The predicted octanol–water partition coefficient (Wildman–Crippen LogP) is 8.30. The van der Waals surface area contributed by atoms with Gasteiger partial charge in [0, 0.05) is 16.1 Å². The third-order valence-electron chi connectivity index (χ3n) is 6.74. The predicted molar refractivity (Wildman–Crippen MR) is 152 cm³/mol. The van der Waals surface area contributed by atoms with E-state index in [1.165, 1.54) is 12.1 Å². The zero-order chi connectivity index (χ0) is 27.6. The van der Waals surface area contributed by atoms with Crippen LogP contribution >= 0.6 is 11.6 Å². The molecule has 1 heterocycles. The maximum Gasteiger partial charge on any atom is 0.347 e. The minimum Gasteiger partial charge on any atom is -0.478 e. The third kappa shape index (κ3) is 5.42. The summed E-state index contributed by atoms with van der Waals surface area (Å²) in [6, 6.07) is 30.9. The lowest BCUT2D eigenvalue weighted by molar-refractivity contribution is -0.154. The Morgan fingerprint density at radius 2 is 1.62 bits per heavy atom. The van der Waals surface area contributed by atoms with Crippen molar-refractivity contribution in [3.05, 3.63) is 114 Å². The molecule has 0 aliphatic heterocycles. The van der Waals surface area contributed by atoms with E-state index < -0.39 is 11.6 Å². The van der Waals surface area contributed by atoms with Gasteiger partial charge in [-0.3, -0.25) is 0 Å². The van der Waals surface area contributed by atoms with Crippen molar-refractivity contribution in [2.75, 3.05) is 0 Å². The number of carboxylic acid groups (broad SMARTS) is 1. The molecule has 1 atom stereocenters. The molecule has 0 bridgehead atoms. The van der Waals surface area contributed by atoms with Crippen molar-refractivity contribution >= 4 is 17.6 Å². The number of ether oxygens (including phenoxy) is 1. The molecule has 1 unspecified atom stereocenters. The van der Waals surface area contributed by atoms with Crippen molar-refractivity contribution in [3.8, 4) is 45.1 Å². The fourth-order valence-corrected chi connectivity index (χ4v) is 4.46. The Morgan fingerprint density at radius 3 is 2.28 bits per heavy atom. The van der Waals surface area contributed by atoms with E-state index in [-0.39, 0.29) is 5.82 Å². The number of halogens is 2. The van der Waals surface area contributed by atoms with E-state index in [0.717, 1.165) is 39.3 Å². The highest BCUT2D eigenvalue weighted by molar-refractivity contribution is 6.30. The van der Waals surface area contributed by atoms with Crippen LogP contribution in [0.2, 0.25) is 5.02 Å². The Bertz CT molecular complexity index is 1570. The standard InChI is InChI=1S/C32H26ClFN2O3/c1-3-32(2,31(37)38)39-26-8-6-7-22(19-26)27-9-4-5-10-28(27)29-20-30(21-11-15-24(34)16-12-21)36(35-29)25-17-13-23(33)14-18-25/h4-20H,3H2,1-2H3,(H,37,38). The molecule has 5 rings (SSSR count). The van der Waals surface area contributed by atoms with Crippen LogP contribution in [0.1, 0.15) is 20.3 Å². The molecule has 1 N–H and O–H groups in total. The fraction of sp³-hybridized carbons (Fsp3) is 0.125. The van der Waals surface area contributed by atoms with Crippen LogP contribution in [0.15, 0.2) is 103 Å². The molecule has 0 fully saturated rings. The molecule has 4 aromatic carbocycles. The summed E-state index contributed by atoms with van der Waals surface area (Å²) in [7, 11) is 0. The van der Waals surface area contributed by atoms with Crippen LogP contribution in [-0.2, 0) is 4.79 Å². The van der Waals surface area contributed by atoms with E-state index in [1.54, 1.807) is 44.2 Å². The second-order valence-corrected chi connectivity index (χ2v) is 9.81. The average Bonchev–Trinajstić information content (AvgIpc) is 3.39. The largest absolute Gasteiger partial charge is 0.478 e. The first-order valence-electron chi connectivity index (χ1n) is 12.5. The number of aliphatic carboxylic acids is 1. The van der Waals surface area contributed by atoms with Crippen LogP contribution in [0.25, 0.3) is 39.3 Å². The zero-order valence-corrected chi connectivity index (χ0v) is 22.2. The minimum atomic E-state index is -1.33. The van der Waals surface area contributed by atoms with Crippen LogP contribution in [-0.4, -0.2) is 26.5 Å². The van der Waals surface area contributed by atoms with Crippen LogP contribution in [0, 0.1) is 5.82 Å². The van der Waals surface area contributed by atoms with Crippen LogP contribution in [0.3, 0.4) is 0 Å². The lowest BCUT2D eigenvalue weighted by atomic mass is 9.97. The number of hydrogen-bond acceptors (Lipinski definition) is 3. The number of benzene rings is 4. The molecule has 196 valence electrons. The molecule has 0 saturated heterocycles. The van der Waals surface area contributed by atoms with Crippen molar-refractivity contribution in [2.45, 2.75) is 25.9 Å². The van der Waals surface area contributed by atoms with E-state index in [2.05, 4.69) is 0 Å². The van der Waals surface area contributed by atoms with Gasteiger partial charge in [0.15, 0.2) is 0 Å². The summed E-state index contributed by atoms with van der Waals surface area (Å²) in [5.41, 5.74) is 4.44. The maximum atomic E-state index is 13.7. The highest BCUT2D eigenvalue weighted by atomic mass is 35.5. The van der Waals surface area contributed by atoms with Gasteiger partial charge in [-0.2, -0.15) is 5.10 Å². The van der Waals surface area contributed by atoms with Crippen molar-refractivity contribution in [2.24, 2.45) is 0 Å². The average molecular weight is 541 g/mol. The Balaban J connectivity index is 1.62. The second kappa shape index (κ2) is 10.8. The lowest BCUT2D eigenvalue weighted by Gasteiger charge is -2.25. The number of rotatable bonds is 8. The molecule has 5 aromatic rings. The van der Waals surface area contributed by atoms with Crippen LogP contribution in [0.4, 0.5) is 4.39 Å². The quantitative estimate of drug-likeness (QED) is 0.215. The summed E-state index contributed by atoms with van der Waals surface area (Å²) in [6.45, 7) is 3.35. The topological polar surface area (TPSA) is 64.4 Å². The van der Waals surface area contributed by atoms with E-state index >= 15 is 0 Å². The van der Waals surface area contributed by atoms with Crippen molar-refractivity contribution in [1.29, 1.82) is 0 Å². The van der Waals surface area contributed by atoms with Gasteiger partial charge in [-0.15, -0.1) is 0 Å². The SMILES string of the molecule is CCC(C)(Oc1cccc(-c2ccccc2-c2cc(-c3ccc(F)cc3)n(-c3ccc(Cl)cc3)n2)c1)C(=O)O. The molecule has 0 aliphatic rings. The summed E-state index contributed by atoms with van der Waals surface area (Å²) in [5, 5.41) is 15.2. The third-order valence-corrected chi connectivity index (χ3v) is 6.99. The van der Waals surface area contributed by atoms with Gasteiger partial charge < -0.3 is 9.84 Å². The van der Waals surface area contributed by atoms with Gasteiger partial charge in [0.25, 0.3) is 0 Å². The molecule has 5 nitrogen and oxygen atoms in total. The first-order chi connectivity index (χ1) is 18.8. The summed E-state index contributed by atoms with van der Waals surface area (Å²) >= 11 is 6.13. The maximum absolute atomic E-state index is 13.7. The van der Waals surface area contributed by atoms with Crippen LogP contribution < -0.4 is 4.74 Å². The highest BCUT2D eigenvalue weighted by Crippen LogP contribution is 2.36. The number of hydrogen-bond donors (Lipinski definition) is 1. The van der Waals surface area contributed by atoms with E-state index in [4.69, 9.17) is 21.4 Å². The summed E-state index contributed by atoms with van der Waals surface area (Å²) in [6.07, 6.45) is 0.317. The Kier molecular flexibility index (Phi) is 7.22. The van der Waals surface area contributed by atoms with Gasteiger partial charge in [0.2, 0.25) is 5.60 Å².